The summed E-state index contributed by atoms with van der Waals surface area (Å²) in [6, 6.07) is 2.65. The average Bonchev–Trinajstić information content (AvgIpc) is 2.69. The van der Waals surface area contributed by atoms with Gasteiger partial charge in [-0.25, -0.2) is 13.2 Å². The molecule has 0 bridgehead atoms. The Labute approximate surface area is 135 Å². The van der Waals surface area contributed by atoms with Gasteiger partial charge in [0.15, 0.2) is 0 Å². The SMILES string of the molecule is O=C(O)c1cncc(NS(=O)(=O)c2cc(Br)sc2Br)c1. The maximum absolute atomic E-state index is 12.2. The highest BCUT2D eigenvalue weighted by Gasteiger charge is 2.21. The Morgan fingerprint density at radius 2 is 2.00 bits per heavy atom. The second-order valence-corrected chi connectivity index (χ2v) is 8.96. The minimum absolute atomic E-state index is 0.0649. The van der Waals surface area contributed by atoms with E-state index in [9.17, 15) is 13.2 Å². The molecule has 10 heteroatoms. The number of carboxylic acids is 1. The summed E-state index contributed by atoms with van der Waals surface area (Å²) in [6.45, 7) is 0. The Kier molecular flexibility index (Phi) is 4.47. The summed E-state index contributed by atoms with van der Waals surface area (Å²) in [5, 5.41) is 8.84. The fourth-order valence-electron chi connectivity index (χ4n) is 1.33. The predicted molar refractivity (Wildman–Crippen MR) is 81.7 cm³/mol. The van der Waals surface area contributed by atoms with Crippen LogP contribution in [0.5, 0.6) is 0 Å². The number of nitrogens with zero attached hydrogens (tertiary/aromatic N) is 1. The zero-order chi connectivity index (χ0) is 14.9. The third kappa shape index (κ3) is 3.37. The number of carboxylic acid groups (broad SMARTS) is 1. The number of hydrogen-bond acceptors (Lipinski definition) is 5. The van der Waals surface area contributed by atoms with E-state index in [4.69, 9.17) is 5.11 Å². The van der Waals surface area contributed by atoms with E-state index in [1.807, 2.05) is 0 Å². The molecule has 0 atom stereocenters. The quantitative estimate of drug-likeness (QED) is 0.759. The zero-order valence-corrected chi connectivity index (χ0v) is 14.3. The molecule has 0 fully saturated rings. The van der Waals surface area contributed by atoms with Crippen molar-refractivity contribution in [1.82, 2.24) is 4.98 Å². The zero-order valence-electron chi connectivity index (χ0n) is 9.50. The summed E-state index contributed by atoms with van der Waals surface area (Å²) in [6.07, 6.45) is 2.37. The summed E-state index contributed by atoms with van der Waals surface area (Å²) in [4.78, 5) is 14.6. The molecular weight excluding hydrogens is 436 g/mol. The highest BCUT2D eigenvalue weighted by atomic mass is 79.9. The molecule has 0 aliphatic carbocycles. The van der Waals surface area contributed by atoms with Crippen molar-refractivity contribution in [2.45, 2.75) is 4.90 Å². The first-order chi connectivity index (χ1) is 9.29. The number of thiophene rings is 1. The highest BCUT2D eigenvalue weighted by Crippen LogP contribution is 2.35. The number of aromatic nitrogens is 1. The number of sulfonamides is 1. The molecule has 6 nitrogen and oxygen atoms in total. The van der Waals surface area contributed by atoms with Gasteiger partial charge in [-0.05, 0) is 44.0 Å². The Balaban J connectivity index is 2.36. The van der Waals surface area contributed by atoms with E-state index >= 15 is 0 Å². The van der Waals surface area contributed by atoms with Crippen molar-refractivity contribution in [1.29, 1.82) is 0 Å². The highest BCUT2D eigenvalue weighted by molar-refractivity contribution is 9.12. The van der Waals surface area contributed by atoms with Gasteiger partial charge < -0.3 is 5.11 Å². The monoisotopic (exact) mass is 440 g/mol. The molecule has 0 unspecified atom stereocenters. The smallest absolute Gasteiger partial charge is 0.337 e. The number of nitrogens with one attached hydrogen (secondary N) is 1. The summed E-state index contributed by atoms with van der Waals surface area (Å²) >= 11 is 7.58. The van der Waals surface area contributed by atoms with E-state index in [1.165, 1.54) is 29.7 Å². The van der Waals surface area contributed by atoms with Crippen molar-refractivity contribution in [3.63, 3.8) is 0 Å². The van der Waals surface area contributed by atoms with Gasteiger partial charge in [0.2, 0.25) is 0 Å². The molecule has 0 aliphatic rings. The van der Waals surface area contributed by atoms with Crippen molar-refractivity contribution in [3.05, 3.63) is 37.7 Å². The van der Waals surface area contributed by atoms with Crippen LogP contribution in [0.15, 0.2) is 37.0 Å². The lowest BCUT2D eigenvalue weighted by atomic mass is 10.3. The van der Waals surface area contributed by atoms with E-state index < -0.39 is 16.0 Å². The lowest BCUT2D eigenvalue weighted by Gasteiger charge is -2.07. The molecule has 0 saturated carbocycles. The molecule has 0 saturated heterocycles. The van der Waals surface area contributed by atoms with Crippen molar-refractivity contribution < 1.29 is 18.3 Å². The fourth-order valence-corrected chi connectivity index (χ4v) is 6.18. The molecule has 2 aromatic rings. The van der Waals surface area contributed by atoms with E-state index in [-0.39, 0.29) is 16.1 Å². The lowest BCUT2D eigenvalue weighted by Crippen LogP contribution is -2.13. The van der Waals surface area contributed by atoms with Crippen molar-refractivity contribution in [2.75, 3.05) is 4.72 Å². The summed E-state index contributed by atoms with van der Waals surface area (Å²) in [5.41, 5.74) is -0.0186. The van der Waals surface area contributed by atoms with Crippen LogP contribution in [-0.2, 0) is 10.0 Å². The maximum Gasteiger partial charge on any atom is 0.337 e. The van der Waals surface area contributed by atoms with Crippen LogP contribution in [0, 0.1) is 0 Å². The summed E-state index contributed by atoms with van der Waals surface area (Å²) in [5.74, 6) is -1.18. The van der Waals surface area contributed by atoms with Crippen LogP contribution in [0.25, 0.3) is 0 Å². The number of rotatable bonds is 4. The second kappa shape index (κ2) is 5.80. The van der Waals surface area contributed by atoms with Crippen LogP contribution in [0.1, 0.15) is 10.4 Å². The number of anilines is 1. The van der Waals surface area contributed by atoms with Gasteiger partial charge in [0, 0.05) is 6.20 Å². The molecule has 2 aromatic heterocycles. The normalized spacial score (nSPS) is 11.3. The first-order valence-electron chi connectivity index (χ1n) is 4.95. The van der Waals surface area contributed by atoms with Crippen LogP contribution in [0.4, 0.5) is 5.69 Å². The predicted octanol–water partition coefficient (Wildman–Crippen LogP) is 3.17. The molecule has 0 radical (unpaired) electrons. The van der Waals surface area contributed by atoms with Gasteiger partial charge in [-0.15, -0.1) is 11.3 Å². The molecular formula is C10H6Br2N2O4S2. The molecule has 106 valence electrons. The van der Waals surface area contributed by atoms with Gasteiger partial charge >= 0.3 is 5.97 Å². The van der Waals surface area contributed by atoms with Gasteiger partial charge in [0.1, 0.15) is 4.90 Å². The molecule has 2 rings (SSSR count). The van der Waals surface area contributed by atoms with Crippen LogP contribution in [0.3, 0.4) is 0 Å². The Morgan fingerprint density at radius 1 is 1.30 bits per heavy atom. The molecule has 20 heavy (non-hydrogen) atoms. The van der Waals surface area contributed by atoms with Crippen molar-refractivity contribution in [3.8, 4) is 0 Å². The molecule has 0 aliphatic heterocycles. The third-order valence-corrected chi connectivity index (χ3v) is 6.29. The number of hydrogen-bond donors (Lipinski definition) is 2. The average molecular weight is 442 g/mol. The molecule has 0 aromatic carbocycles. The van der Waals surface area contributed by atoms with E-state index in [1.54, 1.807) is 0 Å². The number of aromatic carboxylic acids is 1. The topological polar surface area (TPSA) is 96.4 Å². The molecule has 2 N–H and O–H groups in total. The maximum atomic E-state index is 12.2. The molecule has 0 spiro atoms. The van der Waals surface area contributed by atoms with Gasteiger partial charge in [0.25, 0.3) is 10.0 Å². The summed E-state index contributed by atoms with van der Waals surface area (Å²) in [7, 11) is -3.82. The van der Waals surface area contributed by atoms with Crippen LogP contribution >= 0.6 is 43.2 Å². The van der Waals surface area contributed by atoms with Crippen LogP contribution in [0.2, 0.25) is 0 Å². The fraction of sp³-hybridized carbons (Fsp3) is 0. The minimum Gasteiger partial charge on any atom is -0.478 e. The third-order valence-electron chi connectivity index (χ3n) is 2.15. The van der Waals surface area contributed by atoms with Crippen LogP contribution in [-0.4, -0.2) is 24.5 Å². The number of halogens is 2. The van der Waals surface area contributed by atoms with Gasteiger partial charge in [-0.2, -0.15) is 0 Å². The molecule has 0 amide bonds. The minimum atomic E-state index is -3.82. The van der Waals surface area contributed by atoms with E-state index in [0.29, 0.717) is 7.57 Å². The van der Waals surface area contributed by atoms with Gasteiger partial charge in [-0.3, -0.25) is 9.71 Å². The second-order valence-electron chi connectivity index (χ2n) is 3.56. The van der Waals surface area contributed by atoms with E-state index in [0.717, 1.165) is 6.20 Å². The largest absolute Gasteiger partial charge is 0.478 e. The van der Waals surface area contributed by atoms with Gasteiger partial charge in [0.05, 0.1) is 25.0 Å². The van der Waals surface area contributed by atoms with Crippen molar-refractivity contribution in [2.24, 2.45) is 0 Å². The number of pyridine rings is 1. The Bertz CT molecular complexity index is 773. The van der Waals surface area contributed by atoms with Crippen LogP contribution < -0.4 is 4.72 Å². The standard InChI is InChI=1S/C10H6Br2N2O4S2/c11-8-2-7(9(12)19-8)20(17,18)14-6-1-5(10(15)16)3-13-4-6/h1-4,14H,(H,15,16). The first-order valence-corrected chi connectivity index (χ1v) is 8.84. The van der Waals surface area contributed by atoms with E-state index in [2.05, 4.69) is 41.6 Å². The first kappa shape index (κ1) is 15.4. The number of carbonyl (C=O) groups is 1. The Hall–Kier alpha value is -0.970. The van der Waals surface area contributed by atoms with Crippen molar-refractivity contribution >= 4 is 64.9 Å². The lowest BCUT2D eigenvalue weighted by molar-refractivity contribution is 0.0696. The molecule has 2 heterocycles. The Morgan fingerprint density at radius 3 is 2.55 bits per heavy atom. The van der Waals surface area contributed by atoms with Gasteiger partial charge in [-0.1, -0.05) is 0 Å². The summed E-state index contributed by atoms with van der Waals surface area (Å²) < 4.78 is 27.8.